The Balaban J connectivity index is 2.75. The molecular weight excluding hydrogens is 226 g/mol. The first-order valence-electron chi connectivity index (χ1n) is 5.93. The molecule has 0 saturated heterocycles. The summed E-state index contributed by atoms with van der Waals surface area (Å²) in [6, 6.07) is 8.60. The second-order valence-corrected chi connectivity index (χ2v) is 5.91. The highest BCUT2D eigenvalue weighted by atomic mass is 32.1. The lowest BCUT2D eigenvalue weighted by atomic mass is 9.90. The quantitative estimate of drug-likeness (QED) is 0.740. The standard InChI is InChI=1S/C15H19NS/c1-10-5-6-13-12(7-10)11(9-17)8-14(16-13)15(2,3)4/h5-8,17H,9H2,1-4H3. The molecule has 1 heterocycles. The van der Waals surface area contributed by atoms with Crippen molar-refractivity contribution in [1.82, 2.24) is 4.98 Å². The Hall–Kier alpha value is -1.02. The first-order valence-corrected chi connectivity index (χ1v) is 6.56. The summed E-state index contributed by atoms with van der Waals surface area (Å²) in [5.74, 6) is 0.756. The molecule has 0 bridgehead atoms. The Kier molecular flexibility index (Phi) is 3.17. The zero-order chi connectivity index (χ0) is 12.6. The summed E-state index contributed by atoms with van der Waals surface area (Å²) in [6.07, 6.45) is 0. The van der Waals surface area contributed by atoms with Crippen molar-refractivity contribution < 1.29 is 0 Å². The minimum atomic E-state index is 0.0801. The van der Waals surface area contributed by atoms with Crippen LogP contribution in [0.1, 0.15) is 37.6 Å². The average molecular weight is 245 g/mol. The fourth-order valence-corrected chi connectivity index (χ4v) is 2.19. The first-order chi connectivity index (χ1) is 7.91. The SMILES string of the molecule is Cc1ccc2nc(C(C)(C)C)cc(CS)c2c1. The molecule has 0 unspecified atom stereocenters. The van der Waals surface area contributed by atoms with Crippen LogP contribution in [0.15, 0.2) is 24.3 Å². The molecule has 0 N–H and O–H groups in total. The summed E-state index contributed by atoms with van der Waals surface area (Å²) >= 11 is 4.44. The van der Waals surface area contributed by atoms with Gasteiger partial charge in [-0.3, -0.25) is 4.98 Å². The Morgan fingerprint density at radius 3 is 2.47 bits per heavy atom. The van der Waals surface area contributed by atoms with E-state index in [1.807, 2.05) is 0 Å². The van der Waals surface area contributed by atoms with Gasteiger partial charge >= 0.3 is 0 Å². The highest BCUT2D eigenvalue weighted by Crippen LogP contribution is 2.27. The van der Waals surface area contributed by atoms with Gasteiger partial charge in [0.2, 0.25) is 0 Å². The third-order valence-corrected chi connectivity index (χ3v) is 3.33. The lowest BCUT2D eigenvalue weighted by molar-refractivity contribution is 0.571. The van der Waals surface area contributed by atoms with Crippen LogP contribution in [0.2, 0.25) is 0 Å². The number of hydrogen-bond acceptors (Lipinski definition) is 2. The van der Waals surface area contributed by atoms with Crippen LogP contribution in [-0.4, -0.2) is 4.98 Å². The molecule has 0 amide bonds. The fourth-order valence-electron chi connectivity index (χ4n) is 1.92. The van der Waals surface area contributed by atoms with Gasteiger partial charge in [0.05, 0.1) is 5.52 Å². The van der Waals surface area contributed by atoms with Gasteiger partial charge in [-0.05, 0) is 30.7 Å². The maximum Gasteiger partial charge on any atom is 0.0708 e. The Morgan fingerprint density at radius 2 is 1.88 bits per heavy atom. The van der Waals surface area contributed by atoms with Crippen molar-refractivity contribution in [3.8, 4) is 0 Å². The molecule has 0 spiro atoms. The van der Waals surface area contributed by atoms with Gasteiger partial charge in [0, 0.05) is 22.2 Å². The van der Waals surface area contributed by atoms with Crippen molar-refractivity contribution in [2.24, 2.45) is 0 Å². The van der Waals surface area contributed by atoms with Crippen LogP contribution < -0.4 is 0 Å². The minimum Gasteiger partial charge on any atom is -0.252 e. The van der Waals surface area contributed by atoms with Crippen LogP contribution in [0.4, 0.5) is 0 Å². The van der Waals surface area contributed by atoms with E-state index >= 15 is 0 Å². The number of thiol groups is 1. The molecule has 0 aliphatic rings. The van der Waals surface area contributed by atoms with Crippen molar-refractivity contribution >= 4 is 23.5 Å². The molecule has 0 aliphatic carbocycles. The molecule has 1 aromatic heterocycles. The smallest absolute Gasteiger partial charge is 0.0708 e. The molecule has 0 atom stereocenters. The van der Waals surface area contributed by atoms with E-state index in [1.54, 1.807) is 0 Å². The molecule has 0 radical (unpaired) electrons. The minimum absolute atomic E-state index is 0.0801. The number of pyridine rings is 1. The molecular formula is C15H19NS. The van der Waals surface area contributed by atoms with Crippen LogP contribution in [0, 0.1) is 6.92 Å². The third kappa shape index (κ3) is 2.47. The van der Waals surface area contributed by atoms with Crippen LogP contribution >= 0.6 is 12.6 Å². The Morgan fingerprint density at radius 1 is 1.18 bits per heavy atom. The monoisotopic (exact) mass is 245 g/mol. The molecule has 1 aromatic carbocycles. The molecule has 0 saturated carbocycles. The van der Waals surface area contributed by atoms with Crippen LogP contribution in [0.5, 0.6) is 0 Å². The fraction of sp³-hybridized carbons (Fsp3) is 0.400. The van der Waals surface area contributed by atoms with Gasteiger partial charge in [-0.25, -0.2) is 0 Å². The lowest BCUT2D eigenvalue weighted by Crippen LogP contribution is -2.14. The predicted molar refractivity (Wildman–Crippen MR) is 77.9 cm³/mol. The normalized spacial score (nSPS) is 12.1. The summed E-state index contributed by atoms with van der Waals surface area (Å²) in [5, 5.41) is 1.23. The van der Waals surface area contributed by atoms with Crippen molar-refractivity contribution in [3.63, 3.8) is 0 Å². The van der Waals surface area contributed by atoms with Crippen molar-refractivity contribution in [3.05, 3.63) is 41.1 Å². The van der Waals surface area contributed by atoms with Gasteiger partial charge in [0.15, 0.2) is 0 Å². The van der Waals surface area contributed by atoms with Gasteiger partial charge < -0.3 is 0 Å². The molecule has 1 nitrogen and oxygen atoms in total. The van der Waals surface area contributed by atoms with E-state index < -0.39 is 0 Å². The van der Waals surface area contributed by atoms with E-state index in [4.69, 9.17) is 4.98 Å². The predicted octanol–water partition coefficient (Wildman–Crippen LogP) is 4.27. The maximum atomic E-state index is 4.76. The van der Waals surface area contributed by atoms with E-state index in [0.29, 0.717) is 0 Å². The summed E-state index contributed by atoms with van der Waals surface area (Å²) in [6.45, 7) is 8.69. The number of aromatic nitrogens is 1. The summed E-state index contributed by atoms with van der Waals surface area (Å²) < 4.78 is 0. The topological polar surface area (TPSA) is 12.9 Å². The van der Waals surface area contributed by atoms with E-state index in [-0.39, 0.29) is 5.41 Å². The van der Waals surface area contributed by atoms with Crippen molar-refractivity contribution in [2.75, 3.05) is 0 Å². The van der Waals surface area contributed by atoms with Gasteiger partial charge in [0.1, 0.15) is 0 Å². The molecule has 2 rings (SSSR count). The van der Waals surface area contributed by atoms with Gasteiger partial charge in [-0.1, -0.05) is 32.4 Å². The van der Waals surface area contributed by atoms with Crippen molar-refractivity contribution in [1.29, 1.82) is 0 Å². The summed E-state index contributed by atoms with van der Waals surface area (Å²) in [5.41, 5.74) is 4.83. The number of nitrogens with zero attached hydrogens (tertiary/aromatic N) is 1. The lowest BCUT2D eigenvalue weighted by Gasteiger charge is -2.19. The molecule has 17 heavy (non-hydrogen) atoms. The highest BCUT2D eigenvalue weighted by molar-refractivity contribution is 7.79. The van der Waals surface area contributed by atoms with Crippen LogP contribution in [-0.2, 0) is 11.2 Å². The number of benzene rings is 1. The van der Waals surface area contributed by atoms with E-state index in [0.717, 1.165) is 17.0 Å². The third-order valence-electron chi connectivity index (χ3n) is 2.99. The summed E-state index contributed by atoms with van der Waals surface area (Å²) in [7, 11) is 0. The van der Waals surface area contributed by atoms with E-state index in [1.165, 1.54) is 16.5 Å². The van der Waals surface area contributed by atoms with Gasteiger partial charge in [-0.2, -0.15) is 12.6 Å². The molecule has 0 fully saturated rings. The zero-order valence-corrected chi connectivity index (χ0v) is 11.8. The Bertz CT molecular complexity index is 553. The zero-order valence-electron chi connectivity index (χ0n) is 10.9. The number of rotatable bonds is 1. The highest BCUT2D eigenvalue weighted by Gasteiger charge is 2.17. The van der Waals surface area contributed by atoms with E-state index in [2.05, 4.69) is 64.6 Å². The largest absolute Gasteiger partial charge is 0.252 e. The van der Waals surface area contributed by atoms with Crippen LogP contribution in [0.3, 0.4) is 0 Å². The number of fused-ring (bicyclic) bond motifs is 1. The second kappa shape index (κ2) is 4.34. The molecule has 90 valence electrons. The van der Waals surface area contributed by atoms with Gasteiger partial charge in [0.25, 0.3) is 0 Å². The number of hydrogen-bond donors (Lipinski definition) is 1. The van der Waals surface area contributed by atoms with E-state index in [9.17, 15) is 0 Å². The molecule has 2 aromatic rings. The second-order valence-electron chi connectivity index (χ2n) is 5.60. The van der Waals surface area contributed by atoms with Crippen molar-refractivity contribution in [2.45, 2.75) is 38.9 Å². The molecule has 0 aliphatic heterocycles. The molecule has 2 heteroatoms. The average Bonchev–Trinajstić information content (AvgIpc) is 2.26. The van der Waals surface area contributed by atoms with Gasteiger partial charge in [-0.15, -0.1) is 0 Å². The number of aryl methyl sites for hydroxylation is 1. The summed E-state index contributed by atoms with van der Waals surface area (Å²) in [4.78, 5) is 4.76. The Labute approximate surface area is 109 Å². The first kappa shape index (κ1) is 12.4. The maximum absolute atomic E-state index is 4.76. The van der Waals surface area contributed by atoms with Crippen LogP contribution in [0.25, 0.3) is 10.9 Å².